The van der Waals surface area contributed by atoms with E-state index < -0.39 is 6.10 Å². The van der Waals surface area contributed by atoms with Crippen molar-refractivity contribution in [3.05, 3.63) is 59.7 Å². The van der Waals surface area contributed by atoms with Gasteiger partial charge in [-0.25, -0.2) is 0 Å². The number of likely N-dealkylation sites (N-methyl/N-ethyl adjacent to an activating group) is 1. The molecule has 1 aliphatic heterocycles. The fraction of sp³-hybridized carbons (Fsp3) is 0.440. The van der Waals surface area contributed by atoms with E-state index in [1.54, 1.807) is 7.05 Å². The van der Waals surface area contributed by atoms with Crippen LogP contribution in [0.3, 0.4) is 0 Å². The van der Waals surface area contributed by atoms with Gasteiger partial charge in [-0.15, -0.1) is 0 Å². The maximum atomic E-state index is 13.0. The van der Waals surface area contributed by atoms with Gasteiger partial charge in [0, 0.05) is 7.05 Å². The maximum Gasteiger partial charge on any atom is 0.262 e. The number of amides is 2. The lowest BCUT2D eigenvalue weighted by molar-refractivity contribution is -0.128. The average molecular weight is 424 g/mol. The number of rotatable bonds is 7. The number of carbonyl (C=O) groups is 2. The van der Waals surface area contributed by atoms with Crippen molar-refractivity contribution in [1.29, 1.82) is 0 Å². The van der Waals surface area contributed by atoms with E-state index in [0.717, 1.165) is 11.3 Å². The van der Waals surface area contributed by atoms with Crippen LogP contribution in [0.2, 0.25) is 0 Å². The summed E-state index contributed by atoms with van der Waals surface area (Å²) < 4.78 is 5.83. The van der Waals surface area contributed by atoms with Gasteiger partial charge in [-0.3, -0.25) is 9.59 Å². The summed E-state index contributed by atoms with van der Waals surface area (Å²) in [5.74, 6) is 1.03. The largest absolute Gasteiger partial charge is 0.477 e. The zero-order chi connectivity index (χ0) is 22.5. The Hall–Kier alpha value is -3.02. The predicted molar refractivity (Wildman–Crippen MR) is 123 cm³/mol. The van der Waals surface area contributed by atoms with E-state index >= 15 is 0 Å². The third kappa shape index (κ3) is 5.37. The van der Waals surface area contributed by atoms with Gasteiger partial charge in [0.2, 0.25) is 5.91 Å². The molecule has 6 nitrogen and oxygen atoms in total. The van der Waals surface area contributed by atoms with Gasteiger partial charge in [0.05, 0.1) is 24.8 Å². The monoisotopic (exact) mass is 423 g/mol. The lowest BCUT2D eigenvalue weighted by atomic mass is 9.93. The molecule has 0 unspecified atom stereocenters. The molecule has 0 fully saturated rings. The summed E-state index contributed by atoms with van der Waals surface area (Å²) in [6, 6.07) is 15.9. The first-order valence-electron chi connectivity index (χ1n) is 10.9. The standard InChI is InChI=1S/C25H33N3O3/c1-16(2)18-10-12-19(13-11-18)24(17(3)4)27-23(29)15-28-14-22(25(30)26-5)31-21-9-7-6-8-20(21)28/h6-13,16-17,22,24H,14-15H2,1-5H3,(H,26,30)(H,27,29)/t22-,24-/m1/s1. The van der Waals surface area contributed by atoms with Crippen LogP contribution in [-0.2, 0) is 9.59 Å². The molecule has 2 amide bonds. The van der Waals surface area contributed by atoms with E-state index in [-0.39, 0.29) is 30.3 Å². The molecular weight excluding hydrogens is 390 g/mol. The van der Waals surface area contributed by atoms with Crippen molar-refractivity contribution in [2.24, 2.45) is 5.92 Å². The van der Waals surface area contributed by atoms with Gasteiger partial charge in [0.15, 0.2) is 6.10 Å². The van der Waals surface area contributed by atoms with Crippen LogP contribution in [0.5, 0.6) is 5.75 Å². The van der Waals surface area contributed by atoms with Gasteiger partial charge < -0.3 is 20.3 Å². The number of anilines is 1. The Labute approximate surface area is 185 Å². The quantitative estimate of drug-likeness (QED) is 0.713. The van der Waals surface area contributed by atoms with Crippen LogP contribution < -0.4 is 20.3 Å². The molecule has 1 heterocycles. The fourth-order valence-electron chi connectivity index (χ4n) is 3.87. The van der Waals surface area contributed by atoms with Crippen molar-refractivity contribution in [1.82, 2.24) is 10.6 Å². The Bertz CT molecular complexity index is 908. The Morgan fingerprint density at radius 3 is 2.29 bits per heavy atom. The molecular formula is C25H33N3O3. The second-order valence-electron chi connectivity index (χ2n) is 8.68. The molecule has 2 aromatic carbocycles. The molecule has 31 heavy (non-hydrogen) atoms. The molecule has 0 aliphatic carbocycles. The first-order valence-corrected chi connectivity index (χ1v) is 10.9. The maximum absolute atomic E-state index is 13.0. The summed E-state index contributed by atoms with van der Waals surface area (Å²) >= 11 is 0. The molecule has 0 bridgehead atoms. The van der Waals surface area contributed by atoms with Crippen LogP contribution in [0, 0.1) is 5.92 Å². The van der Waals surface area contributed by atoms with E-state index in [9.17, 15) is 9.59 Å². The number of nitrogens with zero attached hydrogens (tertiary/aromatic N) is 1. The zero-order valence-corrected chi connectivity index (χ0v) is 19.0. The molecule has 1 aliphatic rings. The number of hydrogen-bond acceptors (Lipinski definition) is 4. The molecule has 0 spiro atoms. The van der Waals surface area contributed by atoms with Gasteiger partial charge in [0.1, 0.15) is 5.75 Å². The highest BCUT2D eigenvalue weighted by atomic mass is 16.5. The summed E-state index contributed by atoms with van der Waals surface area (Å²) in [6.45, 7) is 9.02. The fourth-order valence-corrected chi connectivity index (χ4v) is 3.87. The van der Waals surface area contributed by atoms with Gasteiger partial charge in [-0.2, -0.15) is 0 Å². The highest BCUT2D eigenvalue weighted by Crippen LogP contribution is 2.33. The molecule has 2 aromatic rings. The van der Waals surface area contributed by atoms with E-state index in [2.05, 4.69) is 62.6 Å². The van der Waals surface area contributed by atoms with Gasteiger partial charge >= 0.3 is 0 Å². The molecule has 6 heteroatoms. The predicted octanol–water partition coefficient (Wildman–Crippen LogP) is 3.64. The van der Waals surface area contributed by atoms with Crippen molar-refractivity contribution in [3.8, 4) is 5.75 Å². The number of para-hydroxylation sites is 2. The highest BCUT2D eigenvalue weighted by Gasteiger charge is 2.31. The van der Waals surface area contributed by atoms with Crippen molar-refractivity contribution in [2.75, 3.05) is 25.0 Å². The Balaban J connectivity index is 1.75. The van der Waals surface area contributed by atoms with Crippen molar-refractivity contribution in [2.45, 2.75) is 45.8 Å². The minimum absolute atomic E-state index is 0.0836. The van der Waals surface area contributed by atoms with Gasteiger partial charge in [-0.1, -0.05) is 64.1 Å². The highest BCUT2D eigenvalue weighted by molar-refractivity contribution is 5.86. The number of carbonyl (C=O) groups excluding carboxylic acids is 2. The summed E-state index contributed by atoms with van der Waals surface area (Å²) in [5.41, 5.74) is 3.20. The van der Waals surface area contributed by atoms with Crippen LogP contribution in [0.25, 0.3) is 0 Å². The molecule has 2 atom stereocenters. The number of nitrogens with one attached hydrogen (secondary N) is 2. The average Bonchev–Trinajstić information content (AvgIpc) is 2.76. The lowest BCUT2D eigenvalue weighted by Gasteiger charge is -2.35. The van der Waals surface area contributed by atoms with Gasteiger partial charge in [-0.05, 0) is 35.1 Å². The number of ether oxygens (including phenoxy) is 1. The zero-order valence-electron chi connectivity index (χ0n) is 19.0. The normalized spacial score (nSPS) is 16.5. The Morgan fingerprint density at radius 2 is 1.68 bits per heavy atom. The van der Waals surface area contributed by atoms with E-state index in [0.29, 0.717) is 18.2 Å². The molecule has 0 saturated heterocycles. The number of benzene rings is 2. The SMILES string of the molecule is CNC(=O)[C@H]1CN(CC(=O)N[C@@H](c2ccc(C(C)C)cc2)C(C)C)c2ccccc2O1. The minimum atomic E-state index is -0.655. The van der Waals surface area contributed by atoms with Gasteiger partial charge in [0.25, 0.3) is 5.91 Å². The second-order valence-corrected chi connectivity index (χ2v) is 8.68. The Morgan fingerprint density at radius 1 is 1.03 bits per heavy atom. The first kappa shape index (κ1) is 22.7. The van der Waals surface area contributed by atoms with E-state index in [1.165, 1.54) is 5.56 Å². The topological polar surface area (TPSA) is 70.7 Å². The lowest BCUT2D eigenvalue weighted by Crippen LogP contribution is -2.51. The molecule has 0 radical (unpaired) electrons. The van der Waals surface area contributed by atoms with Crippen LogP contribution in [-0.4, -0.2) is 38.1 Å². The minimum Gasteiger partial charge on any atom is -0.477 e. The summed E-state index contributed by atoms with van der Waals surface area (Å²) in [5, 5.41) is 5.82. The van der Waals surface area contributed by atoms with E-state index in [4.69, 9.17) is 4.74 Å². The second kappa shape index (κ2) is 9.86. The summed E-state index contributed by atoms with van der Waals surface area (Å²) in [4.78, 5) is 27.1. The molecule has 3 rings (SSSR count). The molecule has 0 saturated carbocycles. The number of hydrogen-bond donors (Lipinski definition) is 2. The third-order valence-corrected chi connectivity index (χ3v) is 5.68. The molecule has 166 valence electrons. The Kier molecular flexibility index (Phi) is 7.21. The first-order chi connectivity index (χ1) is 14.8. The molecule has 2 N–H and O–H groups in total. The van der Waals surface area contributed by atoms with Crippen molar-refractivity contribution >= 4 is 17.5 Å². The van der Waals surface area contributed by atoms with Crippen LogP contribution in [0.4, 0.5) is 5.69 Å². The molecule has 0 aromatic heterocycles. The smallest absolute Gasteiger partial charge is 0.262 e. The van der Waals surface area contributed by atoms with E-state index in [1.807, 2.05) is 29.2 Å². The van der Waals surface area contributed by atoms with Crippen LogP contribution in [0.1, 0.15) is 50.8 Å². The third-order valence-electron chi connectivity index (χ3n) is 5.68. The van der Waals surface area contributed by atoms with Crippen LogP contribution >= 0.6 is 0 Å². The summed E-state index contributed by atoms with van der Waals surface area (Å²) in [7, 11) is 1.58. The van der Waals surface area contributed by atoms with Crippen molar-refractivity contribution in [3.63, 3.8) is 0 Å². The van der Waals surface area contributed by atoms with Crippen molar-refractivity contribution < 1.29 is 14.3 Å². The number of fused-ring (bicyclic) bond motifs is 1. The summed E-state index contributed by atoms with van der Waals surface area (Å²) in [6.07, 6.45) is -0.655. The van der Waals surface area contributed by atoms with Crippen LogP contribution in [0.15, 0.2) is 48.5 Å².